The van der Waals surface area contributed by atoms with E-state index < -0.39 is 0 Å². The van der Waals surface area contributed by atoms with Gasteiger partial charge in [0.05, 0.1) is 6.20 Å². The second-order valence-corrected chi connectivity index (χ2v) is 1.31. The molecule has 0 aliphatic rings. The van der Waals surface area contributed by atoms with E-state index in [2.05, 4.69) is 11.2 Å². The lowest BCUT2D eigenvalue weighted by Crippen LogP contribution is -1.70. The second kappa shape index (κ2) is 1.69. The fraction of sp³-hybridized carbons (Fsp3) is 0. The zero-order chi connectivity index (χ0) is 5.98. The van der Waals surface area contributed by atoms with Gasteiger partial charge < -0.3 is 10.2 Å². The molecule has 0 bridgehead atoms. The first-order valence-electron chi connectivity index (χ1n) is 2.05. The highest BCUT2D eigenvalue weighted by molar-refractivity contribution is 5.22. The number of rotatable bonds is 0. The van der Waals surface area contributed by atoms with E-state index in [1.165, 1.54) is 6.07 Å². The SMILES string of the molecule is Oc1c[c]nc(O)c1. The van der Waals surface area contributed by atoms with Crippen LogP contribution in [0.4, 0.5) is 0 Å². The van der Waals surface area contributed by atoms with Crippen LogP contribution in [0.5, 0.6) is 11.6 Å². The molecule has 1 heterocycles. The lowest BCUT2D eigenvalue weighted by Gasteiger charge is -1.87. The summed E-state index contributed by atoms with van der Waals surface area (Å²) in [6, 6.07) is 2.40. The maximum atomic E-state index is 8.58. The summed E-state index contributed by atoms with van der Waals surface area (Å²) < 4.78 is 0. The predicted octanol–water partition coefficient (Wildman–Crippen LogP) is 0.293. The number of aromatic nitrogens is 1. The standard InChI is InChI=1S/C5H4NO2/c7-4-1-2-6-5(8)3-4/h1,3H,(H2,6,7,8). The first kappa shape index (κ1) is 4.90. The van der Waals surface area contributed by atoms with Gasteiger partial charge in [0, 0.05) is 12.1 Å². The Hall–Kier alpha value is -1.25. The van der Waals surface area contributed by atoms with Crippen molar-refractivity contribution < 1.29 is 10.2 Å². The molecule has 0 aliphatic heterocycles. The van der Waals surface area contributed by atoms with Gasteiger partial charge in [-0.15, -0.1) is 0 Å². The molecular formula is C5H4NO2. The third-order valence-corrected chi connectivity index (χ3v) is 0.669. The molecule has 8 heavy (non-hydrogen) atoms. The molecule has 0 aromatic carbocycles. The number of nitrogens with zero attached hydrogens (tertiary/aromatic N) is 1. The molecule has 0 spiro atoms. The Morgan fingerprint density at radius 3 is 2.62 bits per heavy atom. The molecule has 1 aromatic rings. The van der Waals surface area contributed by atoms with Crippen LogP contribution >= 0.6 is 0 Å². The molecule has 1 aromatic heterocycles. The summed E-state index contributed by atoms with van der Waals surface area (Å²) in [6.07, 6.45) is 2.28. The largest absolute Gasteiger partial charge is 0.508 e. The van der Waals surface area contributed by atoms with Crippen LogP contribution < -0.4 is 0 Å². The van der Waals surface area contributed by atoms with Crippen LogP contribution in [0.25, 0.3) is 0 Å². The summed E-state index contributed by atoms with van der Waals surface area (Å²) in [4.78, 5) is 3.31. The second-order valence-electron chi connectivity index (χ2n) is 1.31. The fourth-order valence-electron chi connectivity index (χ4n) is 0.371. The molecule has 1 rings (SSSR count). The van der Waals surface area contributed by atoms with Crippen molar-refractivity contribution in [1.82, 2.24) is 4.98 Å². The average Bonchev–Trinajstić information content (AvgIpc) is 1.64. The molecule has 2 N–H and O–H groups in total. The van der Waals surface area contributed by atoms with Crippen LogP contribution in [0.15, 0.2) is 12.1 Å². The van der Waals surface area contributed by atoms with Crippen LogP contribution in [0.1, 0.15) is 0 Å². The van der Waals surface area contributed by atoms with Crippen LogP contribution in [0.3, 0.4) is 0 Å². The van der Waals surface area contributed by atoms with Gasteiger partial charge in [-0.3, -0.25) is 0 Å². The van der Waals surface area contributed by atoms with Crippen molar-refractivity contribution in [2.75, 3.05) is 0 Å². The molecule has 0 atom stereocenters. The van der Waals surface area contributed by atoms with Crippen LogP contribution in [-0.2, 0) is 0 Å². The summed E-state index contributed by atoms with van der Waals surface area (Å²) in [5, 5.41) is 17.1. The topological polar surface area (TPSA) is 53.4 Å². The van der Waals surface area contributed by atoms with Crippen molar-refractivity contribution in [3.8, 4) is 11.6 Å². The van der Waals surface area contributed by atoms with E-state index >= 15 is 0 Å². The van der Waals surface area contributed by atoms with Gasteiger partial charge in [0.25, 0.3) is 0 Å². The Labute approximate surface area is 46.2 Å². The quantitative estimate of drug-likeness (QED) is 0.504. The number of aromatic hydroxyl groups is 2. The predicted molar refractivity (Wildman–Crippen MR) is 26.4 cm³/mol. The average molecular weight is 110 g/mol. The van der Waals surface area contributed by atoms with Gasteiger partial charge in [0.1, 0.15) is 5.75 Å². The van der Waals surface area contributed by atoms with Gasteiger partial charge in [0.2, 0.25) is 5.88 Å². The maximum absolute atomic E-state index is 8.58. The van der Waals surface area contributed by atoms with Crippen molar-refractivity contribution in [2.24, 2.45) is 0 Å². The fourth-order valence-corrected chi connectivity index (χ4v) is 0.371. The highest BCUT2D eigenvalue weighted by Gasteiger charge is 1.87. The molecule has 3 heteroatoms. The third kappa shape index (κ3) is 0.872. The van der Waals surface area contributed by atoms with Gasteiger partial charge in [-0.05, 0) is 0 Å². The molecule has 41 valence electrons. The summed E-state index contributed by atoms with van der Waals surface area (Å²) in [7, 11) is 0. The summed E-state index contributed by atoms with van der Waals surface area (Å²) in [6.45, 7) is 0. The number of pyridine rings is 1. The number of hydrogen-bond donors (Lipinski definition) is 2. The monoisotopic (exact) mass is 110 g/mol. The molecular weight excluding hydrogens is 106 g/mol. The van der Waals surface area contributed by atoms with E-state index in [-0.39, 0.29) is 11.6 Å². The van der Waals surface area contributed by atoms with Gasteiger partial charge in [-0.2, -0.15) is 0 Å². The van der Waals surface area contributed by atoms with E-state index in [0.29, 0.717) is 0 Å². The van der Waals surface area contributed by atoms with E-state index in [0.717, 1.165) is 6.07 Å². The summed E-state index contributed by atoms with van der Waals surface area (Å²) in [5.74, 6) is -0.248. The van der Waals surface area contributed by atoms with Crippen LogP contribution in [-0.4, -0.2) is 15.2 Å². The number of hydrogen-bond acceptors (Lipinski definition) is 3. The highest BCUT2D eigenvalue weighted by Crippen LogP contribution is 2.10. The normalized spacial score (nSPS) is 9.00. The Bertz CT molecular complexity index is 170. The molecule has 0 fully saturated rings. The molecule has 0 amide bonds. The first-order chi connectivity index (χ1) is 3.79. The smallest absolute Gasteiger partial charge is 0.215 e. The molecule has 0 unspecified atom stereocenters. The van der Waals surface area contributed by atoms with Crippen LogP contribution in [0.2, 0.25) is 0 Å². The van der Waals surface area contributed by atoms with E-state index in [1.807, 2.05) is 0 Å². The van der Waals surface area contributed by atoms with Gasteiger partial charge in [-0.1, -0.05) is 0 Å². The van der Waals surface area contributed by atoms with Crippen molar-refractivity contribution in [2.45, 2.75) is 0 Å². The minimum Gasteiger partial charge on any atom is -0.508 e. The minimum absolute atomic E-state index is 0.0301. The van der Waals surface area contributed by atoms with Crippen molar-refractivity contribution in [3.63, 3.8) is 0 Å². The Kier molecular flexibility index (Phi) is 1.04. The lowest BCUT2D eigenvalue weighted by atomic mass is 10.4. The zero-order valence-corrected chi connectivity index (χ0v) is 4.00. The van der Waals surface area contributed by atoms with Crippen LogP contribution in [0, 0.1) is 6.20 Å². The summed E-state index contributed by atoms with van der Waals surface area (Å²) >= 11 is 0. The highest BCUT2D eigenvalue weighted by atomic mass is 16.3. The third-order valence-electron chi connectivity index (χ3n) is 0.669. The van der Waals surface area contributed by atoms with E-state index in [4.69, 9.17) is 10.2 Å². The van der Waals surface area contributed by atoms with Crippen molar-refractivity contribution in [1.29, 1.82) is 0 Å². The molecule has 0 saturated carbocycles. The van der Waals surface area contributed by atoms with Gasteiger partial charge in [-0.25, -0.2) is 4.98 Å². The molecule has 0 aliphatic carbocycles. The van der Waals surface area contributed by atoms with Crippen molar-refractivity contribution >= 4 is 0 Å². The first-order valence-corrected chi connectivity index (χ1v) is 2.05. The molecule has 3 nitrogen and oxygen atoms in total. The Balaban J connectivity index is 3.08. The molecule has 0 saturated heterocycles. The van der Waals surface area contributed by atoms with E-state index in [1.54, 1.807) is 0 Å². The Morgan fingerprint density at radius 1 is 1.50 bits per heavy atom. The molecule has 1 radical (unpaired) electrons. The summed E-state index contributed by atoms with van der Waals surface area (Å²) in [5.41, 5.74) is 0. The van der Waals surface area contributed by atoms with Crippen molar-refractivity contribution in [3.05, 3.63) is 18.3 Å². The van der Waals surface area contributed by atoms with E-state index in [9.17, 15) is 0 Å². The maximum Gasteiger partial charge on any atom is 0.215 e. The minimum atomic E-state index is -0.218. The lowest BCUT2D eigenvalue weighted by molar-refractivity contribution is 0.434. The van der Waals surface area contributed by atoms with Gasteiger partial charge in [0.15, 0.2) is 0 Å². The Morgan fingerprint density at radius 2 is 2.25 bits per heavy atom. The zero-order valence-electron chi connectivity index (χ0n) is 4.00. The van der Waals surface area contributed by atoms with Gasteiger partial charge >= 0.3 is 0 Å².